The van der Waals surface area contributed by atoms with Crippen molar-refractivity contribution in [3.63, 3.8) is 0 Å². The number of aromatic nitrogens is 1. The Morgan fingerprint density at radius 2 is 1.95 bits per heavy atom. The highest BCUT2D eigenvalue weighted by Gasteiger charge is 2.15. The maximum absolute atomic E-state index is 6.22. The number of halogens is 2. The number of rotatable bonds is 5. The van der Waals surface area contributed by atoms with Crippen LogP contribution in [0.4, 0.5) is 0 Å². The molecule has 1 atom stereocenters. The molecule has 0 aliphatic heterocycles. The summed E-state index contributed by atoms with van der Waals surface area (Å²) in [6, 6.07) is 7.16. The standard InChI is InChI=1S/C15H16Cl2N2O/c1-2-20-15-11(7-12(16)9-13(15)17)8-14(18)10-3-5-19-6-4-10/h3-7,9,14H,2,8,18H2,1H3. The summed E-state index contributed by atoms with van der Waals surface area (Å²) in [5.74, 6) is 0.656. The van der Waals surface area contributed by atoms with Gasteiger partial charge in [-0.2, -0.15) is 0 Å². The van der Waals surface area contributed by atoms with E-state index in [1.807, 2.05) is 25.1 Å². The second-order valence-electron chi connectivity index (χ2n) is 4.40. The van der Waals surface area contributed by atoms with Crippen LogP contribution in [-0.2, 0) is 6.42 Å². The van der Waals surface area contributed by atoms with Crippen LogP contribution in [0.3, 0.4) is 0 Å². The SMILES string of the molecule is CCOc1c(Cl)cc(Cl)cc1CC(N)c1ccncc1. The average Bonchev–Trinajstić information content (AvgIpc) is 2.43. The normalized spacial score (nSPS) is 12.2. The van der Waals surface area contributed by atoms with Crippen molar-refractivity contribution in [1.29, 1.82) is 0 Å². The summed E-state index contributed by atoms with van der Waals surface area (Å²) in [7, 11) is 0. The van der Waals surface area contributed by atoms with Gasteiger partial charge in [0.25, 0.3) is 0 Å². The molecule has 2 N–H and O–H groups in total. The lowest BCUT2D eigenvalue weighted by molar-refractivity contribution is 0.336. The summed E-state index contributed by atoms with van der Waals surface area (Å²) >= 11 is 12.2. The maximum atomic E-state index is 6.22. The summed E-state index contributed by atoms with van der Waals surface area (Å²) in [4.78, 5) is 3.99. The first-order valence-corrected chi connectivity index (χ1v) is 7.13. The van der Waals surface area contributed by atoms with E-state index >= 15 is 0 Å². The predicted molar refractivity (Wildman–Crippen MR) is 82.5 cm³/mol. The molecular formula is C15H16Cl2N2O. The topological polar surface area (TPSA) is 48.1 Å². The molecule has 1 aromatic carbocycles. The van der Waals surface area contributed by atoms with Gasteiger partial charge < -0.3 is 10.5 Å². The van der Waals surface area contributed by atoms with E-state index < -0.39 is 0 Å². The first-order valence-electron chi connectivity index (χ1n) is 6.38. The minimum absolute atomic E-state index is 0.160. The van der Waals surface area contributed by atoms with Gasteiger partial charge in [-0.05, 0) is 48.7 Å². The highest BCUT2D eigenvalue weighted by Crippen LogP contribution is 2.34. The summed E-state index contributed by atoms with van der Waals surface area (Å²) < 4.78 is 5.60. The Bertz CT molecular complexity index is 576. The van der Waals surface area contributed by atoms with Crippen molar-refractivity contribution in [3.8, 4) is 5.75 Å². The van der Waals surface area contributed by atoms with Gasteiger partial charge in [0.05, 0.1) is 11.6 Å². The number of nitrogens with two attached hydrogens (primary N) is 1. The Hall–Kier alpha value is -1.29. The second-order valence-corrected chi connectivity index (χ2v) is 5.24. The van der Waals surface area contributed by atoms with Crippen molar-refractivity contribution in [1.82, 2.24) is 4.98 Å². The van der Waals surface area contributed by atoms with E-state index in [1.165, 1.54) is 0 Å². The van der Waals surface area contributed by atoms with Gasteiger partial charge in [0.15, 0.2) is 0 Å². The third-order valence-corrected chi connectivity index (χ3v) is 3.45. The van der Waals surface area contributed by atoms with Gasteiger partial charge in [-0.25, -0.2) is 0 Å². The van der Waals surface area contributed by atoms with Crippen LogP contribution in [0.5, 0.6) is 5.75 Å². The number of hydrogen-bond donors (Lipinski definition) is 1. The van der Waals surface area contributed by atoms with Crippen molar-refractivity contribution in [2.45, 2.75) is 19.4 Å². The fourth-order valence-electron chi connectivity index (χ4n) is 2.04. The van der Waals surface area contributed by atoms with Crippen LogP contribution in [0.1, 0.15) is 24.1 Å². The van der Waals surface area contributed by atoms with E-state index in [9.17, 15) is 0 Å². The molecule has 0 saturated heterocycles. The fraction of sp³-hybridized carbons (Fsp3) is 0.267. The van der Waals surface area contributed by atoms with E-state index in [0.29, 0.717) is 28.8 Å². The highest BCUT2D eigenvalue weighted by atomic mass is 35.5. The van der Waals surface area contributed by atoms with Crippen LogP contribution in [0.15, 0.2) is 36.7 Å². The van der Waals surface area contributed by atoms with Gasteiger partial charge in [0, 0.05) is 23.5 Å². The molecule has 0 aliphatic carbocycles. The van der Waals surface area contributed by atoms with Crippen molar-refractivity contribution in [2.24, 2.45) is 5.73 Å². The zero-order valence-electron chi connectivity index (χ0n) is 11.1. The Kier molecular flexibility index (Phi) is 5.24. The Balaban J connectivity index is 2.28. The largest absolute Gasteiger partial charge is 0.492 e. The van der Waals surface area contributed by atoms with Crippen LogP contribution in [0.2, 0.25) is 10.0 Å². The van der Waals surface area contributed by atoms with E-state index in [1.54, 1.807) is 18.5 Å². The summed E-state index contributed by atoms with van der Waals surface area (Å²) in [5, 5.41) is 1.09. The summed E-state index contributed by atoms with van der Waals surface area (Å²) in [6.07, 6.45) is 4.05. The molecule has 0 bridgehead atoms. The first-order chi connectivity index (χ1) is 9.61. The third-order valence-electron chi connectivity index (χ3n) is 2.95. The molecule has 0 amide bonds. The molecule has 20 heavy (non-hydrogen) atoms. The second kappa shape index (κ2) is 6.93. The molecule has 1 heterocycles. The van der Waals surface area contributed by atoms with Crippen LogP contribution < -0.4 is 10.5 Å². The lowest BCUT2D eigenvalue weighted by Crippen LogP contribution is -2.14. The zero-order valence-corrected chi connectivity index (χ0v) is 12.7. The van der Waals surface area contributed by atoms with Crippen LogP contribution in [0.25, 0.3) is 0 Å². The quantitative estimate of drug-likeness (QED) is 0.907. The zero-order chi connectivity index (χ0) is 14.5. The first kappa shape index (κ1) is 15.1. The minimum atomic E-state index is -0.160. The van der Waals surface area contributed by atoms with Gasteiger partial charge in [-0.3, -0.25) is 4.98 Å². The minimum Gasteiger partial charge on any atom is -0.492 e. The monoisotopic (exact) mass is 310 g/mol. The number of nitrogens with zero attached hydrogens (tertiary/aromatic N) is 1. The molecule has 5 heteroatoms. The molecule has 0 fully saturated rings. The molecule has 0 radical (unpaired) electrons. The lowest BCUT2D eigenvalue weighted by Gasteiger charge is -2.16. The van der Waals surface area contributed by atoms with Gasteiger partial charge in [0.2, 0.25) is 0 Å². The van der Waals surface area contributed by atoms with E-state index in [-0.39, 0.29) is 6.04 Å². The smallest absolute Gasteiger partial charge is 0.141 e. The van der Waals surface area contributed by atoms with E-state index in [4.69, 9.17) is 33.7 Å². The molecule has 0 spiro atoms. The van der Waals surface area contributed by atoms with Gasteiger partial charge in [-0.1, -0.05) is 23.2 Å². The molecule has 1 aromatic heterocycles. The van der Waals surface area contributed by atoms with Crippen molar-refractivity contribution >= 4 is 23.2 Å². The number of ether oxygens (including phenoxy) is 1. The fourth-order valence-corrected chi connectivity index (χ4v) is 2.63. The van der Waals surface area contributed by atoms with Gasteiger partial charge >= 0.3 is 0 Å². The summed E-state index contributed by atoms with van der Waals surface area (Å²) in [5.41, 5.74) is 8.15. The average molecular weight is 311 g/mol. The number of pyridine rings is 1. The maximum Gasteiger partial charge on any atom is 0.141 e. The lowest BCUT2D eigenvalue weighted by atomic mass is 10.00. The molecule has 106 valence electrons. The molecule has 3 nitrogen and oxygen atoms in total. The van der Waals surface area contributed by atoms with Crippen molar-refractivity contribution < 1.29 is 4.74 Å². The third kappa shape index (κ3) is 3.63. The van der Waals surface area contributed by atoms with Crippen molar-refractivity contribution in [2.75, 3.05) is 6.61 Å². The van der Waals surface area contributed by atoms with Crippen LogP contribution in [0, 0.1) is 0 Å². The number of hydrogen-bond acceptors (Lipinski definition) is 3. The molecule has 0 aliphatic rings. The number of benzene rings is 1. The predicted octanol–water partition coefficient (Wildman–Crippen LogP) is 4.03. The molecule has 2 rings (SSSR count). The van der Waals surface area contributed by atoms with Crippen LogP contribution >= 0.6 is 23.2 Å². The molecule has 2 aromatic rings. The highest BCUT2D eigenvalue weighted by molar-refractivity contribution is 6.35. The van der Waals surface area contributed by atoms with Gasteiger partial charge in [-0.15, -0.1) is 0 Å². The van der Waals surface area contributed by atoms with E-state index in [0.717, 1.165) is 11.1 Å². The Labute approximate surface area is 128 Å². The van der Waals surface area contributed by atoms with E-state index in [2.05, 4.69) is 4.98 Å². The summed E-state index contributed by atoms with van der Waals surface area (Å²) in [6.45, 7) is 2.45. The van der Waals surface area contributed by atoms with Crippen molar-refractivity contribution in [3.05, 3.63) is 57.8 Å². The molecule has 1 unspecified atom stereocenters. The molecule has 0 saturated carbocycles. The Morgan fingerprint density at radius 1 is 1.25 bits per heavy atom. The van der Waals surface area contributed by atoms with Crippen LogP contribution in [-0.4, -0.2) is 11.6 Å². The Morgan fingerprint density at radius 3 is 2.60 bits per heavy atom. The molecular weight excluding hydrogens is 295 g/mol. The van der Waals surface area contributed by atoms with Gasteiger partial charge in [0.1, 0.15) is 5.75 Å².